The van der Waals surface area contributed by atoms with Gasteiger partial charge in [-0.2, -0.15) is 0 Å². The van der Waals surface area contributed by atoms with Crippen molar-refractivity contribution in [3.8, 4) is 16.9 Å². The Labute approximate surface area is 314 Å². The molecule has 1 spiro atoms. The second kappa shape index (κ2) is 12.5. The first-order valence-corrected chi connectivity index (χ1v) is 20.5. The summed E-state index contributed by atoms with van der Waals surface area (Å²) in [6, 6.07) is 36.9. The number of hydrogen-bond donors (Lipinski definition) is 0. The molecule has 2 bridgehead atoms. The van der Waals surface area contributed by atoms with E-state index in [-0.39, 0.29) is 5.41 Å². The summed E-state index contributed by atoms with van der Waals surface area (Å²) in [6.07, 6.45) is 16.6. The van der Waals surface area contributed by atoms with Crippen LogP contribution in [-0.4, -0.2) is 39.4 Å². The molecule has 4 atom stereocenters. The second-order valence-corrected chi connectivity index (χ2v) is 16.8. The molecular formula is C49H50N2O2. The van der Waals surface area contributed by atoms with Gasteiger partial charge in [-0.05, 0) is 121 Å². The molecule has 4 unspecified atom stereocenters. The Morgan fingerprint density at radius 3 is 2.23 bits per heavy atom. The number of anilines is 2. The third kappa shape index (κ3) is 4.97. The molecule has 4 heteroatoms. The average Bonchev–Trinajstić information content (AvgIpc) is 3.82. The van der Waals surface area contributed by atoms with Gasteiger partial charge in [-0.25, -0.2) is 0 Å². The number of piperidine rings is 1. The van der Waals surface area contributed by atoms with Gasteiger partial charge in [-0.15, -0.1) is 0 Å². The zero-order valence-corrected chi connectivity index (χ0v) is 30.9. The topological polar surface area (TPSA) is 24.9 Å². The van der Waals surface area contributed by atoms with E-state index >= 15 is 0 Å². The van der Waals surface area contributed by atoms with Gasteiger partial charge in [0, 0.05) is 65.0 Å². The summed E-state index contributed by atoms with van der Waals surface area (Å²) in [5.74, 6) is 2.64. The van der Waals surface area contributed by atoms with Gasteiger partial charge in [0.1, 0.15) is 5.75 Å². The van der Waals surface area contributed by atoms with E-state index in [1.165, 1.54) is 95.8 Å². The van der Waals surface area contributed by atoms with E-state index in [9.17, 15) is 0 Å². The third-order valence-electron chi connectivity index (χ3n) is 14.2. The Morgan fingerprint density at radius 1 is 0.679 bits per heavy atom. The summed E-state index contributed by atoms with van der Waals surface area (Å²) >= 11 is 0. The molecule has 0 radical (unpaired) electrons. The maximum Gasteiger partial charge on any atom is 0.178 e. The molecule has 0 aromatic heterocycles. The monoisotopic (exact) mass is 698 g/mol. The second-order valence-electron chi connectivity index (χ2n) is 16.8. The van der Waals surface area contributed by atoms with Gasteiger partial charge in [-0.3, -0.25) is 0 Å². The van der Waals surface area contributed by atoms with Crippen molar-refractivity contribution in [1.29, 1.82) is 0 Å². The van der Waals surface area contributed by atoms with E-state index in [1.54, 1.807) is 5.56 Å². The molecule has 4 fully saturated rings. The van der Waals surface area contributed by atoms with E-state index in [0.29, 0.717) is 0 Å². The fourth-order valence-corrected chi connectivity index (χ4v) is 11.7. The molecule has 2 saturated heterocycles. The lowest BCUT2D eigenvalue weighted by Crippen LogP contribution is -2.38. The van der Waals surface area contributed by atoms with E-state index in [2.05, 4.69) is 119 Å². The number of nitrogens with zero attached hydrogens (tertiary/aromatic N) is 2. The van der Waals surface area contributed by atoms with Crippen LogP contribution < -0.4 is 14.5 Å². The highest BCUT2D eigenvalue weighted by atomic mass is 16.5. The van der Waals surface area contributed by atoms with E-state index in [4.69, 9.17) is 9.47 Å². The molecule has 2 saturated carbocycles. The van der Waals surface area contributed by atoms with Crippen LogP contribution >= 0.6 is 0 Å². The zero-order valence-electron chi connectivity index (χ0n) is 30.9. The minimum absolute atomic E-state index is 0.168. The van der Waals surface area contributed by atoms with Gasteiger partial charge in [0.2, 0.25) is 0 Å². The van der Waals surface area contributed by atoms with Crippen LogP contribution in [-0.2, 0) is 22.2 Å². The van der Waals surface area contributed by atoms with Crippen molar-refractivity contribution in [2.75, 3.05) is 49.2 Å². The first kappa shape index (κ1) is 31.9. The molecule has 0 amide bonds. The van der Waals surface area contributed by atoms with Crippen molar-refractivity contribution in [2.45, 2.75) is 68.8 Å². The third-order valence-corrected chi connectivity index (χ3v) is 14.2. The van der Waals surface area contributed by atoms with Gasteiger partial charge < -0.3 is 19.3 Å². The predicted molar refractivity (Wildman–Crippen MR) is 217 cm³/mol. The maximum atomic E-state index is 7.87. The Morgan fingerprint density at radius 2 is 1.43 bits per heavy atom. The summed E-state index contributed by atoms with van der Waals surface area (Å²) in [5, 5.41) is 2.61. The Hall–Kier alpha value is -4.54. The lowest BCUT2D eigenvalue weighted by atomic mass is 9.63. The van der Waals surface area contributed by atoms with Crippen molar-refractivity contribution >= 4 is 28.2 Å². The zero-order chi connectivity index (χ0) is 35.0. The molecule has 4 nitrogen and oxygen atoms in total. The molecule has 11 rings (SSSR count). The first-order valence-electron chi connectivity index (χ1n) is 20.5. The average molecular weight is 699 g/mol. The summed E-state index contributed by atoms with van der Waals surface area (Å²) in [4.78, 5) is 5.05. The van der Waals surface area contributed by atoms with Crippen LogP contribution in [0.15, 0.2) is 103 Å². The molecule has 53 heavy (non-hydrogen) atoms. The Kier molecular flexibility index (Phi) is 7.54. The largest absolute Gasteiger partial charge is 0.472 e. The van der Waals surface area contributed by atoms with Crippen LogP contribution in [0.5, 0.6) is 5.75 Å². The highest BCUT2D eigenvalue weighted by Gasteiger charge is 2.55. The van der Waals surface area contributed by atoms with Crippen LogP contribution in [0.3, 0.4) is 0 Å². The molecule has 268 valence electrons. The number of benzene rings is 5. The van der Waals surface area contributed by atoms with Gasteiger partial charge in [-0.1, -0.05) is 85.3 Å². The molecule has 6 aliphatic rings. The number of ether oxygens (including phenoxy) is 2. The molecule has 5 aromatic carbocycles. The summed E-state index contributed by atoms with van der Waals surface area (Å²) in [5.41, 5.74) is 11.7. The fraction of sp³-hybridized carbons (Fsp3) is 0.388. The van der Waals surface area contributed by atoms with Gasteiger partial charge in [0.05, 0.1) is 13.2 Å². The van der Waals surface area contributed by atoms with Crippen LogP contribution in [0.1, 0.15) is 79.2 Å². The van der Waals surface area contributed by atoms with Crippen molar-refractivity contribution in [3.63, 3.8) is 0 Å². The van der Waals surface area contributed by atoms with Crippen molar-refractivity contribution < 1.29 is 9.47 Å². The van der Waals surface area contributed by atoms with Crippen molar-refractivity contribution in [1.82, 2.24) is 0 Å². The van der Waals surface area contributed by atoms with Crippen LogP contribution in [0.25, 0.3) is 28.0 Å². The highest BCUT2D eigenvalue weighted by molar-refractivity contribution is 6.07. The SMILES string of the molecule is C1=CC(c2ccccc2)(c2ccc(N3CCOCC3)cc2)Oc2c1c1c(c3ccc(N4CCCCC4)cc23)-c2ccccc2CCC12CC1CCC2C1. The predicted octanol–water partition coefficient (Wildman–Crippen LogP) is 10.7. The Balaban J connectivity index is 1.17. The summed E-state index contributed by atoms with van der Waals surface area (Å²) in [7, 11) is 0. The van der Waals surface area contributed by atoms with Crippen LogP contribution in [0.2, 0.25) is 0 Å². The lowest BCUT2D eigenvalue weighted by molar-refractivity contribution is 0.122. The maximum absolute atomic E-state index is 7.87. The minimum Gasteiger partial charge on any atom is -0.472 e. The van der Waals surface area contributed by atoms with E-state index in [1.807, 2.05) is 0 Å². The Bertz CT molecular complexity index is 2210. The molecule has 3 aliphatic heterocycles. The van der Waals surface area contributed by atoms with E-state index in [0.717, 1.165) is 74.5 Å². The minimum atomic E-state index is -0.759. The fourth-order valence-electron chi connectivity index (χ4n) is 11.7. The number of fused-ring (bicyclic) bond motifs is 12. The van der Waals surface area contributed by atoms with Crippen LogP contribution in [0.4, 0.5) is 11.4 Å². The molecule has 5 aromatic rings. The smallest absolute Gasteiger partial charge is 0.178 e. The number of morpholine rings is 1. The number of hydrogen-bond acceptors (Lipinski definition) is 4. The van der Waals surface area contributed by atoms with Crippen molar-refractivity contribution in [2.24, 2.45) is 11.8 Å². The molecular weight excluding hydrogens is 649 g/mol. The molecule has 3 heterocycles. The first-order chi connectivity index (χ1) is 26.2. The lowest BCUT2D eigenvalue weighted by Gasteiger charge is -2.43. The quantitative estimate of drug-likeness (QED) is 0.187. The normalized spacial score (nSPS) is 27.3. The standard InChI is InChI=1S/C49H50N2O2/c1-3-10-36(11-4-1)49(37-15-17-39(18-16-37)51-27-29-52-30-28-51)24-22-43-46-45(42-20-19-40(32-44(42)47(43)53-49)50-25-7-2-8-26-50)41-12-6-5-9-35(41)21-23-48(46)33-34-13-14-38(48)31-34/h1,3-6,9-12,15-20,22,24,32,34,38H,2,7-8,13-14,21,23,25-31,33H2. The van der Waals surface area contributed by atoms with E-state index < -0.39 is 5.60 Å². The highest BCUT2D eigenvalue weighted by Crippen LogP contribution is 2.65. The van der Waals surface area contributed by atoms with Gasteiger partial charge >= 0.3 is 0 Å². The number of rotatable bonds is 4. The van der Waals surface area contributed by atoms with Crippen LogP contribution in [0, 0.1) is 11.8 Å². The summed E-state index contributed by atoms with van der Waals surface area (Å²) in [6.45, 7) is 5.66. The molecule has 0 N–H and O–H groups in total. The van der Waals surface area contributed by atoms with Crippen molar-refractivity contribution in [3.05, 3.63) is 131 Å². The summed E-state index contributed by atoms with van der Waals surface area (Å²) < 4.78 is 13.5. The van der Waals surface area contributed by atoms with Gasteiger partial charge in [0.15, 0.2) is 5.60 Å². The molecule has 3 aliphatic carbocycles. The number of aryl methyl sites for hydroxylation is 1. The van der Waals surface area contributed by atoms with Gasteiger partial charge in [0.25, 0.3) is 0 Å².